The lowest BCUT2D eigenvalue weighted by molar-refractivity contribution is 0.443. The van der Waals surface area contributed by atoms with E-state index in [0.717, 1.165) is 34.1 Å². The van der Waals surface area contributed by atoms with Crippen molar-refractivity contribution < 1.29 is 0 Å². The molecule has 346 valence electrons. The lowest BCUT2D eigenvalue weighted by Crippen LogP contribution is -2.28. The maximum absolute atomic E-state index is 2.51. The van der Waals surface area contributed by atoms with Crippen LogP contribution in [-0.2, 0) is 5.41 Å². The van der Waals surface area contributed by atoms with Crippen LogP contribution in [0.1, 0.15) is 71.4 Å². The lowest BCUT2D eigenvalue weighted by Gasteiger charge is -2.35. The van der Waals surface area contributed by atoms with E-state index in [1.165, 1.54) is 109 Å². The molecule has 72 heavy (non-hydrogen) atoms. The summed E-state index contributed by atoms with van der Waals surface area (Å²) >= 11 is 0. The van der Waals surface area contributed by atoms with Crippen molar-refractivity contribution in [1.82, 2.24) is 0 Å². The zero-order chi connectivity index (χ0) is 48.0. The highest BCUT2D eigenvalue weighted by atomic mass is 15.2. The van der Waals surface area contributed by atoms with Crippen LogP contribution in [0.3, 0.4) is 0 Å². The van der Waals surface area contributed by atoms with E-state index in [0.29, 0.717) is 5.92 Å². The Hall–Kier alpha value is -8.46. The molecule has 0 bridgehead atoms. The van der Waals surface area contributed by atoms with Crippen molar-refractivity contribution in [3.05, 3.63) is 288 Å². The van der Waals surface area contributed by atoms with Crippen molar-refractivity contribution in [3.63, 3.8) is 0 Å². The first-order chi connectivity index (χ1) is 35.6. The van der Waals surface area contributed by atoms with Gasteiger partial charge in [0.1, 0.15) is 0 Å². The molecule has 0 radical (unpaired) electrons. The molecule has 11 aromatic carbocycles. The lowest BCUT2D eigenvalue weighted by atomic mass is 9.67. The van der Waals surface area contributed by atoms with Crippen LogP contribution in [-0.4, -0.2) is 0 Å². The number of hydrogen-bond donors (Lipinski definition) is 0. The Morgan fingerprint density at radius 3 is 1.61 bits per heavy atom. The highest BCUT2D eigenvalue weighted by Crippen LogP contribution is 2.58. The quantitative estimate of drug-likeness (QED) is 0.135. The highest BCUT2D eigenvalue weighted by Gasteiger charge is 2.47. The molecule has 2 aliphatic rings. The van der Waals surface area contributed by atoms with E-state index in [1.807, 2.05) is 0 Å². The van der Waals surface area contributed by atoms with E-state index in [-0.39, 0.29) is 0 Å². The van der Waals surface area contributed by atoms with Gasteiger partial charge in [0.25, 0.3) is 0 Å². The predicted molar refractivity (Wildman–Crippen MR) is 304 cm³/mol. The third kappa shape index (κ3) is 7.40. The van der Waals surface area contributed by atoms with Gasteiger partial charge in [0.2, 0.25) is 0 Å². The number of aryl methyl sites for hydroxylation is 1. The van der Waals surface area contributed by atoms with Gasteiger partial charge >= 0.3 is 0 Å². The van der Waals surface area contributed by atoms with Crippen molar-refractivity contribution in [2.45, 2.75) is 50.4 Å². The molecule has 0 amide bonds. The molecule has 0 atom stereocenters. The Bertz CT molecular complexity index is 3680. The van der Waals surface area contributed by atoms with E-state index < -0.39 is 5.41 Å². The molecule has 1 saturated carbocycles. The van der Waals surface area contributed by atoms with Crippen molar-refractivity contribution in [2.24, 2.45) is 0 Å². The van der Waals surface area contributed by atoms with Gasteiger partial charge in [-0.3, -0.25) is 0 Å². The molecule has 2 heteroatoms. The zero-order valence-electron chi connectivity index (χ0n) is 40.8. The molecule has 11 aromatic rings. The second-order valence-corrected chi connectivity index (χ2v) is 19.9. The minimum atomic E-state index is -0.552. The summed E-state index contributed by atoms with van der Waals surface area (Å²) in [6.07, 6.45) is 6.57. The van der Waals surface area contributed by atoms with Crippen LogP contribution >= 0.6 is 0 Å². The summed E-state index contributed by atoms with van der Waals surface area (Å²) in [5, 5.41) is 4.89. The smallest absolute Gasteiger partial charge is 0.0714 e. The Balaban J connectivity index is 1.03. The highest BCUT2D eigenvalue weighted by molar-refractivity contribution is 6.06. The molecule has 2 nitrogen and oxygen atoms in total. The second kappa shape index (κ2) is 18.4. The summed E-state index contributed by atoms with van der Waals surface area (Å²) in [4.78, 5) is 4.94. The third-order valence-electron chi connectivity index (χ3n) is 15.8. The molecule has 0 aliphatic heterocycles. The number of anilines is 6. The van der Waals surface area contributed by atoms with Crippen LogP contribution in [0.2, 0.25) is 0 Å². The molecule has 0 unspecified atom stereocenters. The summed E-state index contributed by atoms with van der Waals surface area (Å²) in [6, 6.07) is 95.1. The SMILES string of the molecule is Cc1cccc2c1-c1ccc(N(c3ccc(N(c4ccc(C5CCCCC5)cc4)c4ccc5ccccc5c4)cc3)c3ccc4ccccc4c3-c3ccccc3)cc1C2(c1ccccc1)c1ccccc1. The molecule has 1 fully saturated rings. The fourth-order valence-electron chi connectivity index (χ4n) is 12.5. The van der Waals surface area contributed by atoms with Gasteiger partial charge < -0.3 is 9.80 Å². The fourth-order valence-corrected chi connectivity index (χ4v) is 12.5. The van der Waals surface area contributed by atoms with Gasteiger partial charge in [-0.2, -0.15) is 0 Å². The van der Waals surface area contributed by atoms with Crippen molar-refractivity contribution in [3.8, 4) is 22.3 Å². The molecule has 13 rings (SSSR count). The van der Waals surface area contributed by atoms with Gasteiger partial charge in [-0.05, 0) is 164 Å². The number of rotatable bonds is 10. The standard InChI is InChI=1S/C70H56N2/c1-49-19-18-32-65-68(49)64-45-44-62(48-66(64)70(65,56-27-10-4-11-28-56)57-29-12-5-13-30-57)72(67-46-36-53-23-16-17-31-63(53)69(67)54-24-8-3-9-25-54)60-42-40-59(41-43-60)71(61-39-35-51-22-14-15-26-55(51)47-61)58-37-33-52(34-38-58)50-20-6-2-7-21-50/h3-5,8-19,22-48,50H,2,6-7,20-21H2,1H3. The fraction of sp³-hybridized carbons (Fsp3) is 0.114. The summed E-state index contributed by atoms with van der Waals surface area (Å²) in [7, 11) is 0. The molecule has 0 saturated heterocycles. The van der Waals surface area contributed by atoms with Crippen molar-refractivity contribution in [1.29, 1.82) is 0 Å². The van der Waals surface area contributed by atoms with E-state index in [9.17, 15) is 0 Å². The summed E-state index contributed by atoms with van der Waals surface area (Å²) in [6.45, 7) is 2.27. The molecular formula is C70H56N2. The number of fused-ring (bicyclic) bond motifs is 5. The average Bonchev–Trinajstić information content (AvgIpc) is 3.76. The van der Waals surface area contributed by atoms with Gasteiger partial charge in [-0.1, -0.05) is 207 Å². The van der Waals surface area contributed by atoms with Gasteiger partial charge in [0, 0.05) is 34.0 Å². The van der Waals surface area contributed by atoms with Crippen LogP contribution in [0.15, 0.2) is 255 Å². The minimum Gasteiger partial charge on any atom is -0.310 e. The monoisotopic (exact) mass is 924 g/mol. The van der Waals surface area contributed by atoms with Crippen LogP contribution in [0, 0.1) is 6.92 Å². The van der Waals surface area contributed by atoms with Gasteiger partial charge in [0.15, 0.2) is 0 Å². The van der Waals surface area contributed by atoms with Crippen molar-refractivity contribution in [2.75, 3.05) is 9.80 Å². The van der Waals surface area contributed by atoms with E-state index in [4.69, 9.17) is 0 Å². The number of benzene rings is 11. The molecule has 0 N–H and O–H groups in total. The van der Waals surface area contributed by atoms with E-state index in [2.05, 4.69) is 272 Å². The van der Waals surface area contributed by atoms with Gasteiger partial charge in [0.05, 0.1) is 11.1 Å². The maximum Gasteiger partial charge on any atom is 0.0714 e. The second-order valence-electron chi connectivity index (χ2n) is 19.9. The van der Waals surface area contributed by atoms with Crippen LogP contribution in [0.25, 0.3) is 43.8 Å². The minimum absolute atomic E-state index is 0.552. The van der Waals surface area contributed by atoms with Crippen LogP contribution in [0.4, 0.5) is 34.1 Å². The van der Waals surface area contributed by atoms with Crippen molar-refractivity contribution >= 4 is 55.7 Å². The van der Waals surface area contributed by atoms with Gasteiger partial charge in [-0.15, -0.1) is 0 Å². The number of nitrogens with zero attached hydrogens (tertiary/aromatic N) is 2. The Kier molecular flexibility index (Phi) is 11.1. The summed E-state index contributed by atoms with van der Waals surface area (Å²) in [5.41, 5.74) is 19.0. The summed E-state index contributed by atoms with van der Waals surface area (Å²) < 4.78 is 0. The first kappa shape index (κ1) is 43.6. The molecule has 2 aliphatic carbocycles. The average molecular weight is 925 g/mol. The van der Waals surface area contributed by atoms with E-state index in [1.54, 1.807) is 0 Å². The van der Waals surface area contributed by atoms with E-state index >= 15 is 0 Å². The zero-order valence-corrected chi connectivity index (χ0v) is 40.8. The number of hydrogen-bond acceptors (Lipinski definition) is 2. The van der Waals surface area contributed by atoms with Gasteiger partial charge in [-0.25, -0.2) is 0 Å². The Morgan fingerprint density at radius 1 is 0.375 bits per heavy atom. The molecule has 0 heterocycles. The summed E-state index contributed by atoms with van der Waals surface area (Å²) in [5.74, 6) is 0.644. The largest absolute Gasteiger partial charge is 0.310 e. The molecule has 0 spiro atoms. The first-order valence-corrected chi connectivity index (χ1v) is 25.9. The normalized spacial score (nSPS) is 14.0. The topological polar surface area (TPSA) is 6.48 Å². The third-order valence-corrected chi connectivity index (χ3v) is 15.8. The molecular weight excluding hydrogens is 869 g/mol. The predicted octanol–water partition coefficient (Wildman–Crippen LogP) is 19.3. The van der Waals surface area contributed by atoms with Crippen LogP contribution < -0.4 is 9.80 Å². The molecule has 0 aromatic heterocycles. The van der Waals surface area contributed by atoms with Crippen LogP contribution in [0.5, 0.6) is 0 Å². The Morgan fingerprint density at radius 2 is 0.917 bits per heavy atom. The Labute approximate surface area is 424 Å². The maximum atomic E-state index is 2.51. The first-order valence-electron chi connectivity index (χ1n) is 25.9.